The maximum absolute atomic E-state index is 12.4. The van der Waals surface area contributed by atoms with Gasteiger partial charge in [0.15, 0.2) is 0 Å². The summed E-state index contributed by atoms with van der Waals surface area (Å²) in [5.74, 6) is -0.688. The second-order valence-electron chi connectivity index (χ2n) is 3.86. The molecule has 1 N–H and O–H groups in total. The summed E-state index contributed by atoms with van der Waals surface area (Å²) in [6.45, 7) is 0. The highest BCUT2D eigenvalue weighted by molar-refractivity contribution is 14.1. The second-order valence-corrected chi connectivity index (χ2v) is 8.26. The summed E-state index contributed by atoms with van der Waals surface area (Å²) in [7, 11) is 1.32. The van der Waals surface area contributed by atoms with E-state index in [1.807, 2.05) is 12.1 Å². The Hall–Kier alpha value is 0.0500. The minimum Gasteiger partial charge on any atom is -0.465 e. The molecule has 0 fully saturated rings. The molecule has 0 saturated carbocycles. The Bertz CT molecular complexity index is 715. The predicted molar refractivity (Wildman–Crippen MR) is 108 cm³/mol. The van der Waals surface area contributed by atoms with Gasteiger partial charge in [0.05, 0.1) is 18.4 Å². The van der Waals surface area contributed by atoms with E-state index in [0.717, 1.165) is 10.7 Å². The molecule has 0 bridgehead atoms. The van der Waals surface area contributed by atoms with Gasteiger partial charge in [0.1, 0.15) is 4.88 Å². The van der Waals surface area contributed by atoms with Gasteiger partial charge >= 0.3 is 5.97 Å². The van der Waals surface area contributed by atoms with E-state index in [2.05, 4.69) is 73.1 Å². The lowest BCUT2D eigenvalue weighted by Crippen LogP contribution is -2.16. The number of hydrogen-bond donors (Lipinski definition) is 1. The topological polar surface area (TPSA) is 55.4 Å². The molecule has 0 spiro atoms. The van der Waals surface area contributed by atoms with Gasteiger partial charge in [0.25, 0.3) is 5.91 Å². The number of anilines is 1. The molecule has 4 nitrogen and oxygen atoms in total. The van der Waals surface area contributed by atoms with E-state index in [-0.39, 0.29) is 5.91 Å². The Kier molecular flexibility index (Phi) is 6.25. The molecule has 1 amide bonds. The highest BCUT2D eigenvalue weighted by Crippen LogP contribution is 2.26. The molecule has 0 atom stereocenters. The molecule has 1 heterocycles. The smallest absolute Gasteiger partial charge is 0.350 e. The van der Waals surface area contributed by atoms with Crippen LogP contribution in [0.5, 0.6) is 0 Å². The summed E-state index contributed by atoms with van der Waals surface area (Å²) in [5, 5.41) is 4.52. The van der Waals surface area contributed by atoms with Crippen molar-refractivity contribution in [1.29, 1.82) is 0 Å². The van der Waals surface area contributed by atoms with Gasteiger partial charge in [-0.15, -0.1) is 11.3 Å². The van der Waals surface area contributed by atoms with Crippen molar-refractivity contribution < 1.29 is 14.3 Å². The standard InChI is InChI=1S/C13H8I3NO3S/c1-20-13(19)11-9(2-3-21-11)17-12(18)7-4-6(14)5-8(15)10(7)16/h2-5H,1H3,(H,17,18). The highest BCUT2D eigenvalue weighted by Gasteiger charge is 2.18. The van der Waals surface area contributed by atoms with E-state index in [4.69, 9.17) is 4.74 Å². The molecule has 0 unspecified atom stereocenters. The average molecular weight is 639 g/mol. The van der Waals surface area contributed by atoms with Gasteiger partial charge < -0.3 is 10.1 Å². The first-order valence-corrected chi connectivity index (χ1v) is 9.67. The Balaban J connectivity index is 2.31. The van der Waals surface area contributed by atoms with Crippen LogP contribution in [0.3, 0.4) is 0 Å². The van der Waals surface area contributed by atoms with E-state index in [0.29, 0.717) is 16.1 Å². The fourth-order valence-electron chi connectivity index (χ4n) is 1.57. The molecule has 1 aromatic carbocycles. The van der Waals surface area contributed by atoms with Crippen LogP contribution in [0.4, 0.5) is 5.69 Å². The Labute approximate surface area is 166 Å². The Morgan fingerprint density at radius 2 is 1.95 bits per heavy atom. The van der Waals surface area contributed by atoms with E-state index < -0.39 is 5.97 Å². The minimum absolute atomic E-state index is 0.237. The molecule has 0 aliphatic heterocycles. The van der Waals surface area contributed by atoms with Crippen molar-refractivity contribution in [2.45, 2.75) is 0 Å². The molecule has 1 aromatic heterocycles. The molecule has 110 valence electrons. The first kappa shape index (κ1) is 17.4. The lowest BCUT2D eigenvalue weighted by Gasteiger charge is -2.09. The molecule has 2 rings (SSSR count). The van der Waals surface area contributed by atoms with Crippen molar-refractivity contribution in [2.24, 2.45) is 0 Å². The number of methoxy groups -OCH3 is 1. The predicted octanol–water partition coefficient (Wildman–Crippen LogP) is 4.60. The molecule has 2 aromatic rings. The molecule has 0 aliphatic rings. The fourth-order valence-corrected chi connectivity index (χ4v) is 4.74. The van der Waals surface area contributed by atoms with Crippen molar-refractivity contribution in [3.8, 4) is 0 Å². The molecule has 0 aliphatic carbocycles. The molecular formula is C13H8I3NO3S. The van der Waals surface area contributed by atoms with Crippen molar-refractivity contribution in [3.63, 3.8) is 0 Å². The molecule has 21 heavy (non-hydrogen) atoms. The molecular weight excluding hydrogens is 631 g/mol. The van der Waals surface area contributed by atoms with Crippen LogP contribution in [0.15, 0.2) is 23.6 Å². The lowest BCUT2D eigenvalue weighted by atomic mass is 10.2. The summed E-state index contributed by atoms with van der Waals surface area (Å²) in [5.41, 5.74) is 1.07. The normalized spacial score (nSPS) is 10.3. The quantitative estimate of drug-likeness (QED) is 0.304. The van der Waals surface area contributed by atoms with Gasteiger partial charge in [-0.2, -0.15) is 0 Å². The van der Waals surface area contributed by atoms with Crippen LogP contribution in [0.25, 0.3) is 0 Å². The number of hydrogen-bond acceptors (Lipinski definition) is 4. The largest absolute Gasteiger partial charge is 0.465 e. The molecule has 0 saturated heterocycles. The minimum atomic E-state index is -0.452. The lowest BCUT2D eigenvalue weighted by molar-refractivity contribution is 0.0607. The third kappa shape index (κ3) is 4.07. The number of carbonyl (C=O) groups excluding carboxylic acids is 2. The second kappa shape index (κ2) is 7.55. The van der Waals surface area contributed by atoms with Crippen molar-refractivity contribution in [2.75, 3.05) is 12.4 Å². The van der Waals surface area contributed by atoms with Gasteiger partial charge in [-0.1, -0.05) is 0 Å². The first-order valence-electron chi connectivity index (χ1n) is 5.55. The maximum Gasteiger partial charge on any atom is 0.350 e. The van der Waals surface area contributed by atoms with Crippen LogP contribution in [0.2, 0.25) is 0 Å². The van der Waals surface area contributed by atoms with E-state index in [1.165, 1.54) is 18.4 Å². The van der Waals surface area contributed by atoms with Gasteiger partial charge in [0.2, 0.25) is 0 Å². The van der Waals surface area contributed by atoms with Crippen LogP contribution < -0.4 is 5.32 Å². The van der Waals surface area contributed by atoms with Gasteiger partial charge in [-0.05, 0) is 91.4 Å². The monoisotopic (exact) mass is 639 g/mol. The third-order valence-electron chi connectivity index (χ3n) is 2.52. The van der Waals surface area contributed by atoms with Crippen LogP contribution in [-0.2, 0) is 4.74 Å². The fraction of sp³-hybridized carbons (Fsp3) is 0.0769. The number of carbonyl (C=O) groups is 2. The third-order valence-corrected chi connectivity index (χ3v) is 7.08. The Morgan fingerprint density at radius 3 is 2.62 bits per heavy atom. The van der Waals surface area contributed by atoms with Gasteiger partial charge in [-0.25, -0.2) is 4.79 Å². The number of ether oxygens (including phenoxy) is 1. The summed E-state index contributed by atoms with van der Waals surface area (Å²) < 4.78 is 7.60. The van der Waals surface area contributed by atoms with Crippen LogP contribution in [-0.4, -0.2) is 19.0 Å². The van der Waals surface area contributed by atoms with Gasteiger partial charge in [0, 0.05) is 10.7 Å². The zero-order chi connectivity index (χ0) is 15.6. The number of thiophene rings is 1. The number of amides is 1. The van der Waals surface area contributed by atoms with Crippen LogP contribution in [0.1, 0.15) is 20.0 Å². The summed E-state index contributed by atoms with van der Waals surface area (Å²) >= 11 is 7.75. The van der Waals surface area contributed by atoms with E-state index in [9.17, 15) is 9.59 Å². The molecule has 8 heteroatoms. The Morgan fingerprint density at radius 1 is 1.24 bits per heavy atom. The number of nitrogens with one attached hydrogen (secondary N) is 1. The zero-order valence-electron chi connectivity index (χ0n) is 10.6. The van der Waals surface area contributed by atoms with E-state index >= 15 is 0 Å². The van der Waals surface area contributed by atoms with Crippen LogP contribution in [0, 0.1) is 10.7 Å². The number of halogens is 3. The summed E-state index contributed by atoms with van der Waals surface area (Å²) in [6.07, 6.45) is 0. The van der Waals surface area contributed by atoms with Crippen molar-refractivity contribution in [1.82, 2.24) is 0 Å². The summed E-state index contributed by atoms with van der Waals surface area (Å²) in [4.78, 5) is 24.4. The van der Waals surface area contributed by atoms with Crippen molar-refractivity contribution >= 4 is 96.7 Å². The zero-order valence-corrected chi connectivity index (χ0v) is 17.9. The van der Waals surface area contributed by atoms with Crippen LogP contribution >= 0.6 is 79.1 Å². The number of rotatable bonds is 3. The summed E-state index contributed by atoms with van der Waals surface area (Å²) in [6, 6.07) is 5.52. The first-order chi connectivity index (χ1) is 9.93. The van der Waals surface area contributed by atoms with E-state index in [1.54, 1.807) is 11.4 Å². The highest BCUT2D eigenvalue weighted by atomic mass is 127. The SMILES string of the molecule is COC(=O)c1sccc1NC(=O)c1cc(I)cc(I)c1I. The van der Waals surface area contributed by atoms with Gasteiger partial charge in [-0.3, -0.25) is 4.79 Å². The maximum atomic E-state index is 12.4. The molecule has 0 radical (unpaired) electrons. The van der Waals surface area contributed by atoms with Crippen molar-refractivity contribution in [3.05, 3.63) is 44.7 Å². The number of esters is 1. The number of benzene rings is 1. The average Bonchev–Trinajstić information content (AvgIpc) is 2.89.